The summed E-state index contributed by atoms with van der Waals surface area (Å²) >= 11 is 1.79. The minimum atomic E-state index is 0.293. The highest BCUT2D eigenvalue weighted by Crippen LogP contribution is 2.32. The van der Waals surface area contributed by atoms with E-state index < -0.39 is 0 Å². The van der Waals surface area contributed by atoms with Gasteiger partial charge in [0.05, 0.1) is 14.2 Å². The van der Waals surface area contributed by atoms with Gasteiger partial charge in [-0.15, -0.1) is 11.3 Å². The molecule has 0 amide bonds. The second kappa shape index (κ2) is 7.48. The van der Waals surface area contributed by atoms with Gasteiger partial charge < -0.3 is 14.8 Å². The summed E-state index contributed by atoms with van der Waals surface area (Å²) in [6, 6.07) is 11.0. The summed E-state index contributed by atoms with van der Waals surface area (Å²) in [5, 5.41) is 5.80. The van der Waals surface area contributed by atoms with Crippen molar-refractivity contribution in [2.75, 3.05) is 14.2 Å². The molecular weight excluding hydrogens is 282 g/mol. The van der Waals surface area contributed by atoms with E-state index >= 15 is 0 Å². The lowest BCUT2D eigenvalue weighted by Gasteiger charge is -2.23. The van der Waals surface area contributed by atoms with Gasteiger partial charge in [-0.2, -0.15) is 0 Å². The molecule has 3 nitrogen and oxygen atoms in total. The molecule has 1 heterocycles. The third kappa shape index (κ3) is 3.77. The van der Waals surface area contributed by atoms with Crippen LogP contribution in [0.4, 0.5) is 0 Å². The van der Waals surface area contributed by atoms with Gasteiger partial charge in [-0.05, 0) is 42.5 Å². The third-order valence-electron chi connectivity index (χ3n) is 3.64. The van der Waals surface area contributed by atoms with Crippen LogP contribution in [0.5, 0.6) is 11.5 Å². The fourth-order valence-corrected chi connectivity index (χ4v) is 3.18. The van der Waals surface area contributed by atoms with Gasteiger partial charge in [0, 0.05) is 17.0 Å². The van der Waals surface area contributed by atoms with E-state index in [4.69, 9.17) is 9.47 Å². The molecule has 0 radical (unpaired) electrons. The number of thiophene rings is 1. The Balaban J connectivity index is 2.17. The van der Waals surface area contributed by atoms with Gasteiger partial charge in [0.15, 0.2) is 11.5 Å². The lowest BCUT2D eigenvalue weighted by atomic mass is 10.0. The molecule has 21 heavy (non-hydrogen) atoms. The average Bonchev–Trinajstić information content (AvgIpc) is 3.06. The number of methoxy groups -OCH3 is 2. The Bertz CT molecular complexity index is 554. The van der Waals surface area contributed by atoms with Gasteiger partial charge in [-0.1, -0.05) is 19.1 Å². The molecule has 1 N–H and O–H groups in total. The molecule has 1 aromatic carbocycles. The Labute approximate surface area is 130 Å². The summed E-state index contributed by atoms with van der Waals surface area (Å²) in [4.78, 5) is 1.36. The molecule has 2 atom stereocenters. The maximum absolute atomic E-state index is 5.40. The Hall–Kier alpha value is -1.52. The fraction of sp³-hybridized carbons (Fsp3) is 0.412. The van der Waals surface area contributed by atoms with E-state index in [0.29, 0.717) is 12.1 Å². The number of rotatable bonds is 7. The highest BCUT2D eigenvalue weighted by molar-refractivity contribution is 7.10. The summed E-state index contributed by atoms with van der Waals surface area (Å²) < 4.78 is 10.7. The standard InChI is InChI=1S/C17H23NO2S/c1-5-14(18-12(2)17-7-6-10-21-17)13-8-9-15(19-3)16(11-13)20-4/h6-12,14,18H,5H2,1-4H3/t12-,14?/m0/s1. The van der Waals surface area contributed by atoms with Crippen LogP contribution in [0.3, 0.4) is 0 Å². The van der Waals surface area contributed by atoms with E-state index in [1.54, 1.807) is 25.6 Å². The molecule has 0 saturated heterocycles. The van der Waals surface area contributed by atoms with Crippen molar-refractivity contribution in [2.24, 2.45) is 0 Å². The third-order valence-corrected chi connectivity index (χ3v) is 4.69. The zero-order valence-electron chi connectivity index (χ0n) is 13.1. The van der Waals surface area contributed by atoms with Crippen molar-refractivity contribution in [2.45, 2.75) is 32.4 Å². The fourth-order valence-electron chi connectivity index (χ4n) is 2.44. The molecule has 0 aliphatic carbocycles. The minimum Gasteiger partial charge on any atom is -0.493 e. The summed E-state index contributed by atoms with van der Waals surface area (Å²) in [7, 11) is 3.33. The molecule has 1 unspecified atom stereocenters. The predicted octanol–water partition coefficient (Wildman–Crippen LogP) is 4.57. The van der Waals surface area contributed by atoms with Crippen molar-refractivity contribution in [1.29, 1.82) is 0 Å². The van der Waals surface area contributed by atoms with Gasteiger partial charge in [-0.25, -0.2) is 0 Å². The number of nitrogens with one attached hydrogen (secondary N) is 1. The summed E-state index contributed by atoms with van der Waals surface area (Å²) in [5.41, 5.74) is 1.22. The summed E-state index contributed by atoms with van der Waals surface area (Å²) in [5.74, 6) is 1.54. The van der Waals surface area contributed by atoms with E-state index in [0.717, 1.165) is 17.9 Å². The van der Waals surface area contributed by atoms with Crippen molar-refractivity contribution >= 4 is 11.3 Å². The maximum Gasteiger partial charge on any atom is 0.161 e. The summed E-state index contributed by atoms with van der Waals surface area (Å²) in [6.07, 6.45) is 1.02. The normalized spacial score (nSPS) is 13.7. The smallest absolute Gasteiger partial charge is 0.161 e. The van der Waals surface area contributed by atoms with Crippen LogP contribution in [0.15, 0.2) is 35.7 Å². The van der Waals surface area contributed by atoms with Crippen LogP contribution in [0, 0.1) is 0 Å². The van der Waals surface area contributed by atoms with Crippen LogP contribution in [0.1, 0.15) is 42.8 Å². The highest BCUT2D eigenvalue weighted by Gasteiger charge is 2.16. The first-order chi connectivity index (χ1) is 10.2. The number of hydrogen-bond donors (Lipinski definition) is 1. The zero-order valence-corrected chi connectivity index (χ0v) is 13.9. The van der Waals surface area contributed by atoms with E-state index in [1.165, 1.54) is 10.4 Å². The van der Waals surface area contributed by atoms with Crippen molar-refractivity contribution < 1.29 is 9.47 Å². The van der Waals surface area contributed by atoms with E-state index in [-0.39, 0.29) is 0 Å². The van der Waals surface area contributed by atoms with Crippen molar-refractivity contribution in [3.63, 3.8) is 0 Å². The molecule has 0 aliphatic rings. The van der Waals surface area contributed by atoms with Crippen LogP contribution in [-0.2, 0) is 0 Å². The van der Waals surface area contributed by atoms with Crippen LogP contribution in [0.25, 0.3) is 0 Å². The Morgan fingerprint density at radius 1 is 1.14 bits per heavy atom. The van der Waals surface area contributed by atoms with Gasteiger partial charge in [0.1, 0.15) is 0 Å². The van der Waals surface area contributed by atoms with Gasteiger partial charge in [0.2, 0.25) is 0 Å². The molecule has 4 heteroatoms. The largest absolute Gasteiger partial charge is 0.493 e. The van der Waals surface area contributed by atoms with E-state index in [9.17, 15) is 0 Å². The lowest BCUT2D eigenvalue weighted by molar-refractivity contribution is 0.353. The molecular formula is C17H23NO2S. The average molecular weight is 305 g/mol. The second-order valence-electron chi connectivity index (χ2n) is 4.98. The van der Waals surface area contributed by atoms with Gasteiger partial charge in [-0.3, -0.25) is 0 Å². The second-order valence-corrected chi connectivity index (χ2v) is 5.96. The van der Waals surface area contributed by atoms with Crippen molar-refractivity contribution in [3.8, 4) is 11.5 Å². The molecule has 0 aliphatic heterocycles. The Morgan fingerprint density at radius 3 is 2.48 bits per heavy atom. The van der Waals surface area contributed by atoms with Crippen LogP contribution in [0.2, 0.25) is 0 Å². The van der Waals surface area contributed by atoms with E-state index in [1.807, 2.05) is 6.07 Å². The topological polar surface area (TPSA) is 30.5 Å². The van der Waals surface area contributed by atoms with Crippen molar-refractivity contribution in [3.05, 3.63) is 46.2 Å². The zero-order chi connectivity index (χ0) is 15.2. The highest BCUT2D eigenvalue weighted by atomic mass is 32.1. The molecule has 2 aromatic rings. The first-order valence-electron chi connectivity index (χ1n) is 7.21. The van der Waals surface area contributed by atoms with Crippen LogP contribution >= 0.6 is 11.3 Å². The summed E-state index contributed by atoms with van der Waals surface area (Å²) in [6.45, 7) is 4.39. The molecule has 0 fully saturated rings. The number of benzene rings is 1. The van der Waals surface area contributed by atoms with Gasteiger partial charge in [0.25, 0.3) is 0 Å². The molecule has 0 bridgehead atoms. The monoisotopic (exact) mass is 305 g/mol. The predicted molar refractivity (Wildman–Crippen MR) is 88.4 cm³/mol. The molecule has 114 valence electrons. The SMILES string of the molecule is CCC(N[C@@H](C)c1cccs1)c1ccc(OC)c(OC)c1. The number of ether oxygens (including phenoxy) is 2. The quantitative estimate of drug-likeness (QED) is 0.813. The Kier molecular flexibility index (Phi) is 5.65. The molecule has 2 rings (SSSR count). The van der Waals surface area contributed by atoms with Crippen LogP contribution in [-0.4, -0.2) is 14.2 Å². The van der Waals surface area contributed by atoms with Crippen molar-refractivity contribution in [1.82, 2.24) is 5.32 Å². The molecule has 1 aromatic heterocycles. The molecule has 0 spiro atoms. The molecule has 0 saturated carbocycles. The first-order valence-corrected chi connectivity index (χ1v) is 8.09. The van der Waals surface area contributed by atoms with Crippen LogP contribution < -0.4 is 14.8 Å². The van der Waals surface area contributed by atoms with E-state index in [2.05, 4.69) is 48.8 Å². The van der Waals surface area contributed by atoms with Gasteiger partial charge >= 0.3 is 0 Å². The number of hydrogen-bond acceptors (Lipinski definition) is 4. The minimum absolute atomic E-state index is 0.293. The lowest BCUT2D eigenvalue weighted by Crippen LogP contribution is -2.23. The maximum atomic E-state index is 5.40. The Morgan fingerprint density at radius 2 is 1.90 bits per heavy atom. The first kappa shape index (κ1) is 15.9.